The summed E-state index contributed by atoms with van der Waals surface area (Å²) >= 11 is 0. The summed E-state index contributed by atoms with van der Waals surface area (Å²) < 4.78 is 13.4. The molecule has 46 heavy (non-hydrogen) atoms. The fourth-order valence-electron chi connectivity index (χ4n) is 7.42. The number of nitrogens with zero attached hydrogens (tertiary/aromatic N) is 3. The number of hydrogen-bond donors (Lipinski definition) is 0. The van der Waals surface area contributed by atoms with E-state index in [9.17, 15) is 4.79 Å². The topological polar surface area (TPSA) is 56.6 Å². The van der Waals surface area contributed by atoms with E-state index in [1.165, 1.54) is 68.3 Å². The van der Waals surface area contributed by atoms with Crippen LogP contribution in [0.25, 0.3) is 22.2 Å². The first-order valence-corrected chi connectivity index (χ1v) is 17.6. The molecule has 0 bridgehead atoms. The summed E-state index contributed by atoms with van der Waals surface area (Å²) in [6.07, 6.45) is 12.3. The van der Waals surface area contributed by atoms with E-state index in [0.29, 0.717) is 5.75 Å². The van der Waals surface area contributed by atoms with Gasteiger partial charge in [0, 0.05) is 37.3 Å². The lowest BCUT2D eigenvalue weighted by atomic mass is 9.76. The molecule has 1 aliphatic carbocycles. The lowest BCUT2D eigenvalue weighted by molar-refractivity contribution is 0.0207. The monoisotopic (exact) mass is 621 g/mol. The number of carbonyl (C=O) groups excluding carboxylic acids is 1. The molecular weight excluding hydrogens is 570 g/mol. The molecule has 244 valence electrons. The number of anilines is 1. The molecule has 1 aliphatic heterocycles. The molecule has 1 aromatic heterocycles. The van der Waals surface area contributed by atoms with Gasteiger partial charge in [-0.1, -0.05) is 87.9 Å². The third-order valence-corrected chi connectivity index (χ3v) is 9.78. The largest absolute Gasteiger partial charge is 0.514 e. The number of aromatic nitrogens is 2. The molecule has 0 N–H and O–H groups in total. The zero-order chi connectivity index (χ0) is 32.1. The van der Waals surface area contributed by atoms with Gasteiger partial charge in [-0.15, -0.1) is 0 Å². The van der Waals surface area contributed by atoms with Crippen LogP contribution < -0.4 is 9.64 Å². The quantitative estimate of drug-likeness (QED) is 0.137. The molecule has 6 nitrogen and oxygen atoms in total. The van der Waals surface area contributed by atoms with Crippen molar-refractivity contribution in [1.82, 2.24) is 9.55 Å². The number of fused-ring (bicyclic) bond motifs is 1. The number of piperidine rings is 1. The van der Waals surface area contributed by atoms with Gasteiger partial charge < -0.3 is 18.9 Å². The molecule has 1 unspecified atom stereocenters. The minimum atomic E-state index is -0.698. The number of carbonyl (C=O) groups is 1. The standard InChI is InChI=1S/C40H51N3O3/c1-5-6-18-38-41-35-24-23-33(42-25-12-15-32(28-42)30-13-8-7-9-14-30)26-36(35)43(38)27-29-19-21-31(22-20-29)34-16-10-11-17-37(34)45-39(44)46-40(2,3)4/h10-11,16-17,19-24,26,30,32H,5-9,12-15,18,25,27-28H2,1-4H3. The Morgan fingerprint density at radius 1 is 0.913 bits per heavy atom. The lowest BCUT2D eigenvalue weighted by Crippen LogP contribution is -2.39. The molecule has 1 atom stereocenters. The molecule has 2 aliphatic rings. The van der Waals surface area contributed by atoms with Crippen molar-refractivity contribution in [2.24, 2.45) is 11.8 Å². The smallest absolute Gasteiger partial charge is 0.428 e. The number of imidazole rings is 1. The van der Waals surface area contributed by atoms with Crippen molar-refractivity contribution in [3.63, 3.8) is 0 Å². The fourth-order valence-corrected chi connectivity index (χ4v) is 7.42. The fraction of sp³-hybridized carbons (Fsp3) is 0.500. The van der Waals surface area contributed by atoms with Crippen molar-refractivity contribution in [3.8, 4) is 16.9 Å². The van der Waals surface area contributed by atoms with Gasteiger partial charge in [0.1, 0.15) is 17.2 Å². The zero-order valence-electron chi connectivity index (χ0n) is 28.3. The summed E-state index contributed by atoms with van der Waals surface area (Å²) in [5, 5.41) is 0. The highest BCUT2D eigenvalue weighted by atomic mass is 16.7. The van der Waals surface area contributed by atoms with Crippen molar-refractivity contribution in [2.45, 2.75) is 104 Å². The molecule has 2 heterocycles. The van der Waals surface area contributed by atoms with E-state index in [1.54, 1.807) is 0 Å². The van der Waals surface area contributed by atoms with Crippen molar-refractivity contribution in [1.29, 1.82) is 0 Å². The van der Waals surface area contributed by atoms with Crippen LogP contribution in [0.15, 0.2) is 66.7 Å². The third-order valence-electron chi connectivity index (χ3n) is 9.78. The second-order valence-electron chi connectivity index (χ2n) is 14.4. The lowest BCUT2D eigenvalue weighted by Gasteiger charge is -2.39. The van der Waals surface area contributed by atoms with Crippen molar-refractivity contribution in [2.75, 3.05) is 18.0 Å². The number of unbranched alkanes of at least 4 members (excludes halogenated alkanes) is 1. The average molecular weight is 622 g/mol. The summed E-state index contributed by atoms with van der Waals surface area (Å²) in [4.78, 5) is 20.2. The first-order valence-electron chi connectivity index (χ1n) is 17.6. The van der Waals surface area contributed by atoms with Gasteiger partial charge in [0.15, 0.2) is 0 Å². The van der Waals surface area contributed by atoms with Gasteiger partial charge in [-0.3, -0.25) is 0 Å². The summed E-state index contributed by atoms with van der Waals surface area (Å²) in [5.41, 5.74) is 6.09. The third kappa shape index (κ3) is 7.76. The Labute approximate surface area is 275 Å². The SMILES string of the molecule is CCCCc1nc2ccc(N3CCCC(C4CCCCC4)C3)cc2n1Cc1ccc(-c2ccccc2OC(=O)OC(C)(C)C)cc1. The van der Waals surface area contributed by atoms with E-state index < -0.39 is 11.8 Å². The van der Waals surface area contributed by atoms with Crippen molar-refractivity contribution < 1.29 is 14.3 Å². The molecule has 4 aromatic rings. The normalized spacial score (nSPS) is 17.7. The average Bonchev–Trinajstić information content (AvgIpc) is 3.40. The summed E-state index contributed by atoms with van der Waals surface area (Å²) in [7, 11) is 0. The first kappa shape index (κ1) is 32.2. The van der Waals surface area contributed by atoms with Gasteiger partial charge in [-0.2, -0.15) is 0 Å². The minimum Gasteiger partial charge on any atom is -0.428 e. The predicted molar refractivity (Wildman–Crippen MR) is 188 cm³/mol. The molecule has 3 aromatic carbocycles. The highest BCUT2D eigenvalue weighted by Gasteiger charge is 2.29. The summed E-state index contributed by atoms with van der Waals surface area (Å²) in [5.74, 6) is 3.38. The van der Waals surface area contributed by atoms with Gasteiger partial charge in [-0.25, -0.2) is 9.78 Å². The van der Waals surface area contributed by atoms with Gasteiger partial charge in [0.05, 0.1) is 11.0 Å². The van der Waals surface area contributed by atoms with E-state index in [4.69, 9.17) is 14.5 Å². The van der Waals surface area contributed by atoms with Crippen molar-refractivity contribution >= 4 is 22.9 Å². The van der Waals surface area contributed by atoms with Crippen LogP contribution in [0.1, 0.15) is 96.9 Å². The summed E-state index contributed by atoms with van der Waals surface area (Å²) in [6, 6.07) is 23.1. The molecule has 2 fully saturated rings. The van der Waals surface area contributed by atoms with Crippen molar-refractivity contribution in [3.05, 3.63) is 78.1 Å². The number of rotatable bonds is 9. The second-order valence-corrected chi connectivity index (χ2v) is 14.4. The number of aryl methyl sites for hydroxylation is 1. The zero-order valence-corrected chi connectivity index (χ0v) is 28.3. The van der Waals surface area contributed by atoms with Crippen LogP contribution >= 0.6 is 0 Å². The van der Waals surface area contributed by atoms with Gasteiger partial charge in [-0.05, 0) is 87.3 Å². The number of benzene rings is 3. The number of ether oxygens (including phenoxy) is 2. The first-order chi connectivity index (χ1) is 22.3. The maximum Gasteiger partial charge on any atom is 0.514 e. The number of para-hydroxylation sites is 1. The Hall–Kier alpha value is -3.80. The van der Waals surface area contributed by atoms with E-state index in [1.807, 2.05) is 45.0 Å². The van der Waals surface area contributed by atoms with Crippen LogP contribution in [0.5, 0.6) is 5.75 Å². The predicted octanol–water partition coefficient (Wildman–Crippen LogP) is 10.2. The Kier molecular flexibility index (Phi) is 10.0. The highest BCUT2D eigenvalue weighted by molar-refractivity contribution is 5.81. The van der Waals surface area contributed by atoms with E-state index in [0.717, 1.165) is 66.7 Å². The van der Waals surface area contributed by atoms with E-state index >= 15 is 0 Å². The molecule has 0 amide bonds. The summed E-state index contributed by atoms with van der Waals surface area (Å²) in [6.45, 7) is 10.8. The maximum atomic E-state index is 12.4. The second kappa shape index (κ2) is 14.3. The van der Waals surface area contributed by atoms with Crippen LogP contribution in [-0.2, 0) is 17.7 Å². The van der Waals surface area contributed by atoms with E-state index in [-0.39, 0.29) is 0 Å². The van der Waals surface area contributed by atoms with E-state index in [2.05, 4.69) is 58.9 Å². The van der Waals surface area contributed by atoms with Crippen LogP contribution in [0.4, 0.5) is 10.5 Å². The van der Waals surface area contributed by atoms with Crippen LogP contribution in [-0.4, -0.2) is 34.4 Å². The number of hydrogen-bond acceptors (Lipinski definition) is 5. The van der Waals surface area contributed by atoms with Crippen LogP contribution in [0.3, 0.4) is 0 Å². The maximum absolute atomic E-state index is 12.4. The molecular formula is C40H51N3O3. The minimum absolute atomic E-state index is 0.489. The molecule has 0 radical (unpaired) electrons. The Morgan fingerprint density at radius 2 is 1.67 bits per heavy atom. The molecule has 1 saturated heterocycles. The van der Waals surface area contributed by atoms with Gasteiger partial charge in [0.2, 0.25) is 0 Å². The molecule has 6 rings (SSSR count). The van der Waals surface area contributed by atoms with Crippen LogP contribution in [0, 0.1) is 11.8 Å². The highest BCUT2D eigenvalue weighted by Crippen LogP contribution is 2.37. The van der Waals surface area contributed by atoms with Crippen LogP contribution in [0.2, 0.25) is 0 Å². The molecule has 1 saturated carbocycles. The molecule has 6 heteroatoms. The van der Waals surface area contributed by atoms with Gasteiger partial charge >= 0.3 is 6.16 Å². The van der Waals surface area contributed by atoms with Gasteiger partial charge in [0.25, 0.3) is 0 Å². The molecule has 0 spiro atoms. The Balaban J connectivity index is 1.24. The Morgan fingerprint density at radius 3 is 2.43 bits per heavy atom. The Bertz CT molecular complexity index is 1610.